The van der Waals surface area contributed by atoms with E-state index in [0.29, 0.717) is 5.92 Å². The highest BCUT2D eigenvalue weighted by molar-refractivity contribution is 6.61. The number of rotatable bonds is 4. The molecule has 0 unspecified atom stereocenters. The van der Waals surface area contributed by atoms with Crippen LogP contribution in [0.1, 0.15) is 48.0 Å². The third-order valence-corrected chi connectivity index (χ3v) is 4.37. The molecule has 1 fully saturated rings. The van der Waals surface area contributed by atoms with Gasteiger partial charge < -0.3 is 9.31 Å². The molecule has 1 aromatic rings. The van der Waals surface area contributed by atoms with E-state index in [1.54, 1.807) is 0 Å². The zero-order valence-corrected chi connectivity index (χ0v) is 12.9. The van der Waals surface area contributed by atoms with Gasteiger partial charge in [-0.25, -0.2) is 0 Å². The monoisotopic (exact) mass is 264 g/mol. The Bertz CT molecular complexity index is 426. The lowest BCUT2D eigenvalue weighted by Crippen LogP contribution is -2.41. The third kappa shape index (κ3) is 2.87. The minimum atomic E-state index is -0.310. The predicted molar refractivity (Wildman–Crippen MR) is 77.4 cm³/mol. The molecule has 0 aliphatic carbocycles. The zero-order valence-electron chi connectivity index (χ0n) is 12.9. The van der Waals surface area contributed by atoms with Crippen LogP contribution in [0, 0.1) is 5.92 Å². The smallest absolute Gasteiger partial charge is 0.399 e. The van der Waals surface area contributed by atoms with Crippen LogP contribution in [-0.4, -0.2) is 28.1 Å². The fraction of sp³-hybridized carbons (Fsp3) is 0.786. The van der Waals surface area contributed by atoms with Crippen molar-refractivity contribution >= 4 is 12.6 Å². The summed E-state index contributed by atoms with van der Waals surface area (Å²) >= 11 is 0. The minimum Gasteiger partial charge on any atom is -0.399 e. The van der Waals surface area contributed by atoms with Crippen LogP contribution in [0.5, 0.6) is 0 Å². The van der Waals surface area contributed by atoms with Crippen molar-refractivity contribution in [2.45, 2.75) is 65.7 Å². The van der Waals surface area contributed by atoms with Gasteiger partial charge in [0.05, 0.1) is 11.2 Å². The summed E-state index contributed by atoms with van der Waals surface area (Å²) in [5, 5.41) is 4.40. The molecule has 4 nitrogen and oxygen atoms in total. The van der Waals surface area contributed by atoms with Gasteiger partial charge in [0.15, 0.2) is 0 Å². The standard InChI is InChI=1S/C14H25BN2O2/c1-7-11(2)9-17-10-12(8-16-17)15-18-13(3,4)14(5,6)19-15/h8,10-11H,7,9H2,1-6H3/t11-/m0/s1. The lowest BCUT2D eigenvalue weighted by Gasteiger charge is -2.32. The fourth-order valence-corrected chi connectivity index (χ4v) is 2.03. The summed E-state index contributed by atoms with van der Waals surface area (Å²) in [5.74, 6) is 0.631. The molecule has 0 N–H and O–H groups in total. The quantitative estimate of drug-likeness (QED) is 0.782. The van der Waals surface area contributed by atoms with E-state index in [9.17, 15) is 0 Å². The van der Waals surface area contributed by atoms with Crippen LogP contribution in [0.3, 0.4) is 0 Å². The average Bonchev–Trinajstić information content (AvgIpc) is 2.82. The van der Waals surface area contributed by atoms with Crippen molar-refractivity contribution in [2.75, 3.05) is 0 Å². The van der Waals surface area contributed by atoms with Crippen molar-refractivity contribution in [3.05, 3.63) is 12.4 Å². The van der Waals surface area contributed by atoms with Crippen LogP contribution in [-0.2, 0) is 15.9 Å². The molecule has 106 valence electrons. The lowest BCUT2D eigenvalue weighted by molar-refractivity contribution is 0.00578. The van der Waals surface area contributed by atoms with E-state index < -0.39 is 0 Å². The number of hydrogen-bond acceptors (Lipinski definition) is 3. The topological polar surface area (TPSA) is 36.3 Å². The van der Waals surface area contributed by atoms with E-state index in [-0.39, 0.29) is 18.3 Å². The Hall–Kier alpha value is -0.805. The number of hydrogen-bond donors (Lipinski definition) is 0. The molecule has 1 aliphatic rings. The first-order chi connectivity index (χ1) is 8.75. The minimum absolute atomic E-state index is 0.295. The van der Waals surface area contributed by atoms with E-state index in [2.05, 4.69) is 46.6 Å². The van der Waals surface area contributed by atoms with Crippen molar-refractivity contribution in [1.82, 2.24) is 9.78 Å². The van der Waals surface area contributed by atoms with E-state index in [0.717, 1.165) is 18.4 Å². The van der Waals surface area contributed by atoms with Gasteiger partial charge in [-0.1, -0.05) is 20.3 Å². The molecule has 2 heterocycles. The van der Waals surface area contributed by atoms with Gasteiger partial charge in [0, 0.05) is 24.4 Å². The molecule has 0 radical (unpaired) electrons. The molecule has 0 saturated carbocycles. The maximum Gasteiger partial charge on any atom is 0.498 e. The van der Waals surface area contributed by atoms with Crippen molar-refractivity contribution in [2.24, 2.45) is 5.92 Å². The largest absolute Gasteiger partial charge is 0.498 e. The average molecular weight is 264 g/mol. The highest BCUT2D eigenvalue weighted by Crippen LogP contribution is 2.36. The predicted octanol–water partition coefficient (Wildman–Crippen LogP) is 2.23. The molecular weight excluding hydrogens is 239 g/mol. The molecule has 2 rings (SSSR count). The first kappa shape index (κ1) is 14.6. The van der Waals surface area contributed by atoms with Crippen LogP contribution in [0.4, 0.5) is 0 Å². The highest BCUT2D eigenvalue weighted by atomic mass is 16.7. The molecule has 0 spiro atoms. The summed E-state index contributed by atoms with van der Waals surface area (Å²) in [6, 6.07) is 0. The third-order valence-electron chi connectivity index (χ3n) is 4.37. The first-order valence-corrected chi connectivity index (χ1v) is 7.13. The summed E-state index contributed by atoms with van der Waals surface area (Å²) in [6.45, 7) is 13.6. The Morgan fingerprint density at radius 2 is 1.84 bits per heavy atom. The molecule has 1 saturated heterocycles. The molecule has 1 aromatic heterocycles. The normalized spacial score (nSPS) is 22.7. The van der Waals surface area contributed by atoms with Gasteiger partial charge in [-0.2, -0.15) is 5.10 Å². The van der Waals surface area contributed by atoms with E-state index in [4.69, 9.17) is 9.31 Å². The molecule has 5 heteroatoms. The van der Waals surface area contributed by atoms with Crippen LogP contribution in [0.15, 0.2) is 12.4 Å². The summed E-state index contributed by atoms with van der Waals surface area (Å²) in [4.78, 5) is 0. The molecule has 1 aliphatic heterocycles. The highest BCUT2D eigenvalue weighted by Gasteiger charge is 2.52. The van der Waals surface area contributed by atoms with E-state index >= 15 is 0 Å². The second-order valence-corrected chi connectivity index (χ2v) is 6.60. The van der Waals surface area contributed by atoms with Gasteiger partial charge in [0.2, 0.25) is 0 Å². The number of aromatic nitrogens is 2. The van der Waals surface area contributed by atoms with Crippen molar-refractivity contribution < 1.29 is 9.31 Å². The van der Waals surface area contributed by atoms with E-state index in [1.165, 1.54) is 0 Å². The van der Waals surface area contributed by atoms with E-state index in [1.807, 2.05) is 17.1 Å². The number of nitrogens with zero attached hydrogens (tertiary/aromatic N) is 2. The molecular formula is C14H25BN2O2. The van der Waals surface area contributed by atoms with Gasteiger partial charge in [0.1, 0.15) is 0 Å². The zero-order chi connectivity index (χ0) is 14.3. The van der Waals surface area contributed by atoms with Crippen molar-refractivity contribution in [3.63, 3.8) is 0 Å². The fourth-order valence-electron chi connectivity index (χ4n) is 2.03. The molecule has 1 atom stereocenters. The van der Waals surface area contributed by atoms with Gasteiger partial charge in [-0.3, -0.25) is 4.68 Å². The molecule has 0 aromatic carbocycles. The second kappa shape index (κ2) is 4.95. The maximum atomic E-state index is 6.02. The van der Waals surface area contributed by atoms with Gasteiger partial charge in [-0.05, 0) is 33.6 Å². The van der Waals surface area contributed by atoms with Gasteiger partial charge in [-0.15, -0.1) is 0 Å². The summed E-state index contributed by atoms with van der Waals surface area (Å²) in [7, 11) is -0.310. The molecule has 0 amide bonds. The van der Waals surface area contributed by atoms with Crippen LogP contribution < -0.4 is 5.46 Å². The van der Waals surface area contributed by atoms with Crippen molar-refractivity contribution in [3.8, 4) is 0 Å². The van der Waals surface area contributed by atoms with Gasteiger partial charge >= 0.3 is 7.12 Å². The summed E-state index contributed by atoms with van der Waals surface area (Å²) in [5.41, 5.74) is 0.411. The Kier molecular flexibility index (Phi) is 3.80. The van der Waals surface area contributed by atoms with Gasteiger partial charge in [0.25, 0.3) is 0 Å². The second-order valence-electron chi connectivity index (χ2n) is 6.60. The maximum absolute atomic E-state index is 6.02. The Labute approximate surface area is 116 Å². The van der Waals surface area contributed by atoms with Crippen molar-refractivity contribution in [1.29, 1.82) is 0 Å². The van der Waals surface area contributed by atoms with Crippen LogP contribution in [0.2, 0.25) is 0 Å². The summed E-state index contributed by atoms with van der Waals surface area (Å²) < 4.78 is 14.0. The van der Waals surface area contributed by atoms with Crippen LogP contribution >= 0.6 is 0 Å². The summed E-state index contributed by atoms with van der Waals surface area (Å²) in [6.07, 6.45) is 5.05. The Morgan fingerprint density at radius 3 is 2.37 bits per heavy atom. The Balaban J connectivity index is 2.08. The lowest BCUT2D eigenvalue weighted by atomic mass is 9.82. The SMILES string of the molecule is CC[C@H](C)Cn1cc(B2OC(C)(C)C(C)(C)O2)cn1. The molecule has 0 bridgehead atoms. The van der Waals surface area contributed by atoms with Crippen LogP contribution in [0.25, 0.3) is 0 Å². The first-order valence-electron chi connectivity index (χ1n) is 7.13. The Morgan fingerprint density at radius 1 is 1.26 bits per heavy atom. The molecule has 19 heavy (non-hydrogen) atoms.